The number of hydrogen-bond acceptors (Lipinski definition) is 3. The van der Waals surface area contributed by atoms with Crippen molar-refractivity contribution in [2.75, 3.05) is 6.54 Å². The van der Waals surface area contributed by atoms with Gasteiger partial charge in [-0.25, -0.2) is 4.79 Å². The third-order valence-electron chi connectivity index (χ3n) is 3.71. The van der Waals surface area contributed by atoms with Gasteiger partial charge in [-0.1, -0.05) is 0 Å². The minimum absolute atomic E-state index is 0.00796. The van der Waals surface area contributed by atoms with Gasteiger partial charge in [-0.3, -0.25) is 9.59 Å². The Hall–Kier alpha value is -1.79. The normalized spacial score (nSPS) is 29.9. The van der Waals surface area contributed by atoms with Crippen LogP contribution in [0, 0.1) is 5.92 Å². The van der Waals surface area contributed by atoms with Crippen molar-refractivity contribution in [2.45, 2.75) is 44.2 Å². The summed E-state index contributed by atoms with van der Waals surface area (Å²) >= 11 is 0. The lowest BCUT2D eigenvalue weighted by Gasteiger charge is -2.15. The van der Waals surface area contributed by atoms with E-state index in [1.54, 1.807) is 0 Å². The monoisotopic (exact) mass is 269 g/mol. The fourth-order valence-corrected chi connectivity index (χ4v) is 2.62. The van der Waals surface area contributed by atoms with Gasteiger partial charge in [-0.15, -0.1) is 0 Å². The molecule has 19 heavy (non-hydrogen) atoms. The number of amides is 3. The molecular weight excluding hydrogens is 250 g/mol. The van der Waals surface area contributed by atoms with E-state index in [-0.39, 0.29) is 29.9 Å². The Morgan fingerprint density at radius 2 is 2.11 bits per heavy atom. The second-order valence-corrected chi connectivity index (χ2v) is 5.20. The van der Waals surface area contributed by atoms with Crippen LogP contribution in [0.25, 0.3) is 0 Å². The largest absolute Gasteiger partial charge is 0.481 e. The van der Waals surface area contributed by atoms with E-state index in [1.165, 1.54) is 0 Å². The van der Waals surface area contributed by atoms with E-state index in [0.29, 0.717) is 32.2 Å². The Morgan fingerprint density at radius 1 is 1.32 bits per heavy atom. The minimum Gasteiger partial charge on any atom is -0.481 e. The lowest BCUT2D eigenvalue weighted by atomic mass is 10.1. The number of hydrogen-bond donors (Lipinski definition) is 4. The number of carboxylic acids is 1. The Kier molecular flexibility index (Phi) is 4.24. The van der Waals surface area contributed by atoms with E-state index in [4.69, 9.17) is 5.11 Å². The van der Waals surface area contributed by atoms with Gasteiger partial charge in [-0.05, 0) is 25.7 Å². The first-order chi connectivity index (χ1) is 9.04. The second kappa shape index (κ2) is 5.90. The van der Waals surface area contributed by atoms with Crippen LogP contribution in [0.3, 0.4) is 0 Å². The van der Waals surface area contributed by atoms with Crippen LogP contribution in [0.4, 0.5) is 4.79 Å². The molecule has 0 spiro atoms. The molecule has 0 aromatic rings. The molecule has 0 aromatic carbocycles. The van der Waals surface area contributed by atoms with E-state index < -0.39 is 5.97 Å². The highest BCUT2D eigenvalue weighted by atomic mass is 16.4. The molecule has 1 saturated carbocycles. The predicted octanol–water partition coefficient (Wildman–Crippen LogP) is -0.182. The van der Waals surface area contributed by atoms with Crippen LogP contribution in [0.1, 0.15) is 32.1 Å². The molecule has 2 rings (SSSR count). The number of carboxylic acid groups (broad SMARTS) is 1. The number of rotatable bonds is 4. The zero-order valence-electron chi connectivity index (χ0n) is 10.6. The maximum Gasteiger partial charge on any atom is 0.315 e. The van der Waals surface area contributed by atoms with Gasteiger partial charge < -0.3 is 21.1 Å². The van der Waals surface area contributed by atoms with Gasteiger partial charge in [0.15, 0.2) is 0 Å². The van der Waals surface area contributed by atoms with Crippen molar-refractivity contribution in [3.05, 3.63) is 0 Å². The van der Waals surface area contributed by atoms with Crippen LogP contribution in [-0.4, -0.2) is 41.6 Å². The molecule has 3 amide bonds. The highest BCUT2D eigenvalue weighted by molar-refractivity contribution is 5.79. The van der Waals surface area contributed by atoms with E-state index >= 15 is 0 Å². The van der Waals surface area contributed by atoms with Crippen molar-refractivity contribution < 1.29 is 19.5 Å². The summed E-state index contributed by atoms with van der Waals surface area (Å²) in [6.45, 7) is 0.409. The minimum atomic E-state index is -0.793. The van der Waals surface area contributed by atoms with Gasteiger partial charge in [0.1, 0.15) is 0 Å². The Morgan fingerprint density at radius 3 is 2.68 bits per heavy atom. The first-order valence-electron chi connectivity index (χ1n) is 6.61. The lowest BCUT2D eigenvalue weighted by Crippen LogP contribution is -2.45. The SMILES string of the molecule is O=C1CCC(CNC(=O)NC2CCC(C(=O)O)C2)N1. The van der Waals surface area contributed by atoms with E-state index in [1.807, 2.05) is 0 Å². The van der Waals surface area contributed by atoms with Crippen molar-refractivity contribution >= 4 is 17.9 Å². The smallest absolute Gasteiger partial charge is 0.315 e. The maximum absolute atomic E-state index is 11.6. The number of urea groups is 1. The molecule has 2 fully saturated rings. The van der Waals surface area contributed by atoms with Gasteiger partial charge in [0, 0.05) is 25.0 Å². The van der Waals surface area contributed by atoms with Gasteiger partial charge in [0.05, 0.1) is 5.92 Å². The number of carbonyl (C=O) groups is 3. The lowest BCUT2D eigenvalue weighted by molar-refractivity contribution is -0.141. The van der Waals surface area contributed by atoms with Crippen LogP contribution < -0.4 is 16.0 Å². The molecule has 1 aliphatic carbocycles. The summed E-state index contributed by atoms with van der Waals surface area (Å²) in [5.41, 5.74) is 0. The van der Waals surface area contributed by atoms with E-state index in [2.05, 4.69) is 16.0 Å². The summed E-state index contributed by atoms with van der Waals surface area (Å²) in [7, 11) is 0. The molecule has 4 N–H and O–H groups in total. The fraction of sp³-hybridized carbons (Fsp3) is 0.750. The fourth-order valence-electron chi connectivity index (χ4n) is 2.62. The Bertz CT molecular complexity index is 385. The zero-order chi connectivity index (χ0) is 13.8. The quantitative estimate of drug-likeness (QED) is 0.567. The third-order valence-corrected chi connectivity index (χ3v) is 3.71. The maximum atomic E-state index is 11.6. The third kappa shape index (κ3) is 3.84. The highest BCUT2D eigenvalue weighted by Gasteiger charge is 2.30. The van der Waals surface area contributed by atoms with Crippen LogP contribution in [-0.2, 0) is 9.59 Å². The van der Waals surface area contributed by atoms with Crippen LogP contribution in [0.2, 0.25) is 0 Å². The molecule has 1 heterocycles. The summed E-state index contributed by atoms with van der Waals surface area (Å²) in [6.07, 6.45) is 3.05. The van der Waals surface area contributed by atoms with Gasteiger partial charge in [0.25, 0.3) is 0 Å². The molecule has 7 heteroatoms. The van der Waals surface area contributed by atoms with E-state index in [9.17, 15) is 14.4 Å². The summed E-state index contributed by atoms with van der Waals surface area (Å²) in [4.78, 5) is 33.4. The van der Waals surface area contributed by atoms with Crippen molar-refractivity contribution in [3.8, 4) is 0 Å². The van der Waals surface area contributed by atoms with Gasteiger partial charge in [0.2, 0.25) is 5.91 Å². The van der Waals surface area contributed by atoms with Crippen molar-refractivity contribution in [2.24, 2.45) is 5.92 Å². The molecule has 106 valence electrons. The first kappa shape index (κ1) is 13.6. The van der Waals surface area contributed by atoms with Crippen molar-refractivity contribution in [1.29, 1.82) is 0 Å². The summed E-state index contributed by atoms with van der Waals surface area (Å²) in [5, 5.41) is 17.1. The molecule has 1 aliphatic heterocycles. The number of carbonyl (C=O) groups excluding carboxylic acids is 2. The molecular formula is C12H19N3O4. The first-order valence-corrected chi connectivity index (χ1v) is 6.61. The van der Waals surface area contributed by atoms with Crippen LogP contribution >= 0.6 is 0 Å². The molecule has 0 aromatic heterocycles. The molecule has 1 saturated heterocycles. The van der Waals surface area contributed by atoms with Crippen LogP contribution in [0.5, 0.6) is 0 Å². The van der Waals surface area contributed by atoms with Gasteiger partial charge >= 0.3 is 12.0 Å². The predicted molar refractivity (Wildman–Crippen MR) is 66.5 cm³/mol. The van der Waals surface area contributed by atoms with E-state index in [0.717, 1.165) is 6.42 Å². The zero-order valence-corrected chi connectivity index (χ0v) is 10.6. The van der Waals surface area contributed by atoms with Crippen LogP contribution in [0.15, 0.2) is 0 Å². The standard InChI is InChI=1S/C12H19N3O4/c16-10-4-3-9(14-10)6-13-12(19)15-8-2-1-7(5-8)11(17)18/h7-9H,1-6H2,(H,14,16)(H,17,18)(H2,13,15,19). The Balaban J connectivity index is 1.65. The summed E-state index contributed by atoms with van der Waals surface area (Å²) in [5.74, 6) is -1.12. The molecule has 0 bridgehead atoms. The second-order valence-electron chi connectivity index (χ2n) is 5.20. The highest BCUT2D eigenvalue weighted by Crippen LogP contribution is 2.25. The van der Waals surface area contributed by atoms with Crippen molar-refractivity contribution in [1.82, 2.24) is 16.0 Å². The summed E-state index contributed by atoms with van der Waals surface area (Å²) in [6, 6.07) is -0.356. The average Bonchev–Trinajstić information content (AvgIpc) is 2.96. The number of nitrogens with one attached hydrogen (secondary N) is 3. The number of aliphatic carboxylic acids is 1. The molecule has 3 unspecified atom stereocenters. The molecule has 0 radical (unpaired) electrons. The van der Waals surface area contributed by atoms with Gasteiger partial charge in [-0.2, -0.15) is 0 Å². The molecule has 3 atom stereocenters. The molecule has 2 aliphatic rings. The summed E-state index contributed by atoms with van der Waals surface area (Å²) < 4.78 is 0. The topological polar surface area (TPSA) is 108 Å². The average molecular weight is 269 g/mol. The molecule has 7 nitrogen and oxygen atoms in total. The van der Waals surface area contributed by atoms with Crippen molar-refractivity contribution in [3.63, 3.8) is 0 Å². The Labute approximate surface area is 111 Å².